The number of carboxylic acid groups (broad SMARTS) is 1. The molecular formula is C80H116N14O3S2. The van der Waals surface area contributed by atoms with Crippen LogP contribution >= 0.6 is 24.0 Å². The number of thiocarbonyl (C=S) groups is 1. The van der Waals surface area contributed by atoms with Crippen molar-refractivity contribution in [1.82, 2.24) is 35.8 Å². The van der Waals surface area contributed by atoms with Gasteiger partial charge in [-0.05, 0) is 241 Å². The molecule has 14 atom stereocenters. The first-order valence-electron chi connectivity index (χ1n) is 36.4. The van der Waals surface area contributed by atoms with Gasteiger partial charge < -0.3 is 28.0 Å². The smallest absolute Gasteiger partial charge is 0.310 e. The van der Waals surface area contributed by atoms with Crippen molar-refractivity contribution in [2.75, 3.05) is 11.5 Å². The van der Waals surface area contributed by atoms with Crippen LogP contribution < -0.4 is 28.4 Å². The minimum atomic E-state index is -0.672. The number of rotatable bonds is 4. The Bertz CT molecular complexity index is 4070. The standard InChI is InChI=1S/C39H53N7OS.C36H50N4O2.C3H5N3S.2CH4/c1-34(2)12-14-39(33(47)48-29-18-28(40)43-44-29)15-13-38(7)30(25(39)20-34)23(22-9-8-16-42-21-22)17-27-36(5)19-24-31(45-46-32(24)41)35(3,4)26(36)10-11-37(27,38)6;1-31(2)12-14-36(30(41)42)15-13-35(7)27(24(36)19-31)22(21-9-8-16-38-20-21)17-26-33(5)18-23-28(39-40-29(23)37)32(3,4)25(33)10-11-34(26,35)6;4-2-1-3(7)6-5-2;;/h8-9,16,21,25-27H,10-15,17-20H2,1-7H3,(H2,40,43)(H3,41,45,46);8-9,16,20,24-26H,10-15,17-19H2,1-7H3,(H,41,42)(H3,37,39,40);1H2,(H2,4,5)(H,6,7);2*1H4/t25-,26-,27?,36-,37+,38+,39-;24-,25-,26?,33-,34+,35+,36-;;;/m00.../s1. The number of carbonyl (C=O) groups is 2. The molecule has 0 aromatic carbocycles. The van der Waals surface area contributed by atoms with E-state index in [4.69, 9.17) is 35.2 Å². The van der Waals surface area contributed by atoms with Crippen molar-refractivity contribution >= 4 is 79.5 Å². The molecule has 6 saturated carbocycles. The zero-order chi connectivity index (χ0) is 69.4. The predicted octanol–water partition coefficient (Wildman–Crippen LogP) is 16.7. The van der Waals surface area contributed by atoms with Crippen LogP contribution in [-0.2, 0) is 33.3 Å². The van der Waals surface area contributed by atoms with E-state index in [1.165, 1.54) is 81.4 Å². The number of pyridine rings is 2. The van der Waals surface area contributed by atoms with E-state index < -0.39 is 16.8 Å². The summed E-state index contributed by atoms with van der Waals surface area (Å²) in [6, 6.07) is 8.64. The first-order valence-corrected chi connectivity index (χ1v) is 37.6. The first-order chi connectivity index (χ1) is 45.5. The van der Waals surface area contributed by atoms with Gasteiger partial charge in [0.1, 0.15) is 33.3 Å². The number of carbonyl (C=O) groups excluding carboxylic acids is 1. The zero-order valence-corrected chi connectivity index (χ0v) is 61.9. The van der Waals surface area contributed by atoms with E-state index in [0.717, 1.165) is 101 Å². The van der Waals surface area contributed by atoms with E-state index in [1.807, 2.05) is 18.6 Å². The number of hydrogen-bond acceptors (Lipinski definition) is 15. The van der Waals surface area contributed by atoms with E-state index in [0.29, 0.717) is 64.8 Å². The lowest BCUT2D eigenvalue weighted by atomic mass is 9.33. The minimum Gasteiger partial charge on any atom is -0.481 e. The van der Waals surface area contributed by atoms with Gasteiger partial charge in [0.2, 0.25) is 5.12 Å². The van der Waals surface area contributed by atoms with Crippen molar-refractivity contribution in [1.29, 1.82) is 0 Å². The molecule has 6 heterocycles. The topological polar surface area (TPSA) is 291 Å². The number of fused-ring (bicyclic) bond motifs is 16. The molecule has 12 N–H and O–H groups in total. The van der Waals surface area contributed by atoms with Gasteiger partial charge in [-0.1, -0.05) is 147 Å². The number of nitrogens with two attached hydrogens (primary N) is 4. The van der Waals surface area contributed by atoms with Crippen LogP contribution in [0.25, 0.3) is 11.1 Å². The second-order valence-electron chi connectivity index (χ2n) is 36.6. The number of hydrazone groups is 1. The molecule has 4 aromatic rings. The van der Waals surface area contributed by atoms with E-state index in [2.05, 4.69) is 178 Å². The maximum Gasteiger partial charge on any atom is 0.310 e. The van der Waals surface area contributed by atoms with Crippen LogP contribution in [0.1, 0.15) is 261 Å². The van der Waals surface area contributed by atoms with Crippen molar-refractivity contribution in [2.24, 2.45) is 116 Å². The summed E-state index contributed by atoms with van der Waals surface area (Å²) in [4.78, 5) is 38.1. The normalized spacial score (nSPS) is 38.0. The summed E-state index contributed by atoms with van der Waals surface area (Å²) in [7, 11) is 0. The summed E-state index contributed by atoms with van der Waals surface area (Å²) < 4.78 is 0. The number of nitrogens with one attached hydrogen (secondary N) is 3. The van der Waals surface area contributed by atoms with Crippen molar-refractivity contribution in [2.45, 2.75) is 251 Å². The average molecular weight is 1390 g/mol. The maximum atomic E-state index is 14.8. The summed E-state index contributed by atoms with van der Waals surface area (Å²) in [6.07, 6.45) is 26.8. The molecule has 4 aromatic heterocycles. The van der Waals surface area contributed by atoms with Gasteiger partial charge >= 0.3 is 5.97 Å². The Balaban J connectivity index is 0.000000169. The number of aliphatic carboxylic acids is 1. The maximum absolute atomic E-state index is 14.8. The van der Waals surface area contributed by atoms with Gasteiger partial charge in [-0.25, -0.2) is 0 Å². The molecule has 19 heteroatoms. The second-order valence-corrected chi connectivity index (χ2v) is 38.2. The van der Waals surface area contributed by atoms with Gasteiger partial charge in [0.25, 0.3) is 0 Å². The number of thioether (sulfide) groups is 1. The van der Waals surface area contributed by atoms with Crippen LogP contribution in [-0.4, -0.2) is 68.3 Å². The minimum absolute atomic E-state index is 0. The molecule has 12 aliphatic rings. The van der Waals surface area contributed by atoms with Crippen LogP contribution in [0, 0.1) is 89.7 Å². The molecule has 99 heavy (non-hydrogen) atoms. The fraction of sp³-hybridized carbons (Fsp3) is 0.675. The summed E-state index contributed by atoms with van der Waals surface area (Å²) >= 11 is 6.01. The largest absolute Gasteiger partial charge is 0.481 e. The Morgan fingerprint density at radius 3 is 1.40 bits per heavy atom. The number of aromatic amines is 2. The highest BCUT2D eigenvalue weighted by atomic mass is 32.2. The Hall–Kier alpha value is -6.21. The Labute approximate surface area is 599 Å². The summed E-state index contributed by atoms with van der Waals surface area (Å²) in [5.41, 5.74) is 39.2. The third-order valence-corrected chi connectivity index (χ3v) is 31.6. The molecule has 10 aliphatic carbocycles. The number of hydrogen-bond donors (Lipinski definition) is 8. The average Bonchev–Trinajstić information content (AvgIpc) is 0.837. The predicted molar refractivity (Wildman–Crippen MR) is 407 cm³/mol. The number of nitrogen functional groups attached to an aromatic ring is 2. The molecule has 2 aliphatic heterocycles. The number of allylic oxidation sites excluding steroid dienone is 4. The molecule has 17 nitrogen and oxygen atoms in total. The molecule has 6 fully saturated rings. The molecular weight excluding hydrogens is 1270 g/mol. The van der Waals surface area contributed by atoms with E-state index in [9.17, 15) is 14.7 Å². The summed E-state index contributed by atoms with van der Waals surface area (Å²) in [5.74, 6) is 3.91. The highest BCUT2D eigenvalue weighted by Crippen LogP contribution is 2.80. The van der Waals surface area contributed by atoms with E-state index >= 15 is 0 Å². The van der Waals surface area contributed by atoms with Gasteiger partial charge in [0.05, 0.1) is 18.3 Å². The van der Waals surface area contributed by atoms with Crippen LogP contribution in [0.2, 0.25) is 0 Å². The van der Waals surface area contributed by atoms with Crippen molar-refractivity contribution in [3.8, 4) is 0 Å². The van der Waals surface area contributed by atoms with Crippen molar-refractivity contribution in [3.63, 3.8) is 0 Å². The SMILES string of the molecule is C.C.CC1(C)CC[C@]2(C(=O)O)CC[C@]3(C)C(=C(c4cccnc4)CC4[C@@]5(C)Cc6c(N)n[nH]c6C(C)(C)[C@@H]5CC[C@]43C)[C@@H]2C1.CC1(C)CC[C@]2(C(=O)SC3=NN=C(N)C3)CC[C@]3(C)C(=C(c4cccnc4)CC4[C@@]5(C)Cc6c(N)n[nH]c6C(C)(C)[C@@H]5CC[C@]43C)[C@@H]2C1.NC1=NNC(=S)C1. The Kier molecular flexibility index (Phi) is 17.7. The fourth-order valence-corrected chi connectivity index (χ4v) is 26.2. The molecule has 0 radical (unpaired) electrons. The lowest BCUT2D eigenvalue weighted by molar-refractivity contribution is -0.175. The second kappa shape index (κ2) is 24.2. The van der Waals surface area contributed by atoms with Crippen molar-refractivity contribution in [3.05, 3.63) is 93.8 Å². The van der Waals surface area contributed by atoms with Crippen LogP contribution in [0.5, 0.6) is 0 Å². The van der Waals surface area contributed by atoms with E-state index in [1.54, 1.807) is 5.57 Å². The number of anilines is 2. The number of carboxylic acids is 1. The number of aromatic nitrogens is 6. The highest BCUT2D eigenvalue weighted by molar-refractivity contribution is 8.26. The number of amidine groups is 2. The van der Waals surface area contributed by atoms with Crippen LogP contribution in [0.4, 0.5) is 11.6 Å². The third-order valence-electron chi connectivity index (χ3n) is 30.3. The zero-order valence-electron chi connectivity index (χ0n) is 60.2. The van der Waals surface area contributed by atoms with Crippen LogP contribution in [0.15, 0.2) is 75.5 Å². The van der Waals surface area contributed by atoms with Gasteiger partial charge in [0.15, 0.2) is 0 Å². The summed E-state index contributed by atoms with van der Waals surface area (Å²) in [6.45, 7) is 34.6. The summed E-state index contributed by atoms with van der Waals surface area (Å²) in [5, 5.41) is 39.7. The fourth-order valence-electron chi connectivity index (χ4n) is 25.0. The number of H-pyrrole nitrogens is 2. The highest BCUT2D eigenvalue weighted by Gasteiger charge is 2.73. The van der Waals surface area contributed by atoms with Gasteiger partial charge in [-0.2, -0.15) is 15.3 Å². The van der Waals surface area contributed by atoms with Crippen LogP contribution in [0.3, 0.4) is 0 Å². The van der Waals surface area contributed by atoms with Gasteiger partial charge in [0, 0.05) is 63.5 Å². The molecule has 0 amide bonds. The third kappa shape index (κ3) is 10.6. The van der Waals surface area contributed by atoms with Gasteiger partial charge in [-0.15, -0.1) is 10.2 Å². The lowest BCUT2D eigenvalue weighted by Gasteiger charge is -2.71. The molecule has 536 valence electrons. The molecule has 0 saturated heterocycles. The molecule has 0 spiro atoms. The number of nitrogens with zero attached hydrogens (tertiary/aromatic N) is 7. The van der Waals surface area contributed by atoms with E-state index in [-0.39, 0.29) is 86.0 Å². The molecule has 16 rings (SSSR count). The molecule has 0 bridgehead atoms. The van der Waals surface area contributed by atoms with Gasteiger partial charge in [-0.3, -0.25) is 35.2 Å². The van der Waals surface area contributed by atoms with Crippen molar-refractivity contribution < 1.29 is 14.7 Å². The Morgan fingerprint density at radius 1 is 0.566 bits per heavy atom. The quantitative estimate of drug-likeness (QED) is 0.0882. The molecule has 2 unspecified atom stereocenters. The first kappa shape index (κ1) is 72.6. The lowest BCUT2D eigenvalue weighted by Crippen LogP contribution is -2.65. The Morgan fingerprint density at radius 2 is 1.01 bits per heavy atom. The monoisotopic (exact) mass is 1380 g/mol.